The molecule has 0 atom stereocenters. The molecule has 0 spiro atoms. The second kappa shape index (κ2) is 22.6. The number of carboxylic acid groups (broad SMARTS) is 1. The molecule has 6 rings (SSSR count). The summed E-state index contributed by atoms with van der Waals surface area (Å²) in [6.07, 6.45) is 7.68. The number of carbonyl (C=O) groups is 1. The van der Waals surface area contributed by atoms with E-state index in [1.165, 1.54) is 38.5 Å². The van der Waals surface area contributed by atoms with Crippen LogP contribution in [0.2, 0.25) is 0 Å². The van der Waals surface area contributed by atoms with Crippen molar-refractivity contribution in [2.24, 2.45) is 22.9 Å². The predicted octanol–water partition coefficient (Wildman–Crippen LogP) is 2.82. The van der Waals surface area contributed by atoms with Gasteiger partial charge in [-0.2, -0.15) is 15.0 Å². The van der Waals surface area contributed by atoms with Crippen LogP contribution in [0, 0.1) is 17.8 Å². The molecule has 4 aliphatic carbocycles. The summed E-state index contributed by atoms with van der Waals surface area (Å²) in [7, 11) is 0. The second-order valence-corrected chi connectivity index (χ2v) is 13.1. The highest BCUT2D eigenvalue weighted by Crippen LogP contribution is 2.56. The van der Waals surface area contributed by atoms with Gasteiger partial charge in [0.05, 0.1) is 66.1 Å². The number of azide groups is 1. The first-order chi connectivity index (χ1) is 24.6. The largest absolute Gasteiger partial charge is 0.483 e. The number of aromatic nitrogens is 3. The molecule has 17 nitrogen and oxygen atoms in total. The Labute approximate surface area is 293 Å². The molecule has 0 aromatic carbocycles. The highest BCUT2D eigenvalue weighted by molar-refractivity contribution is 5.41. The van der Waals surface area contributed by atoms with Crippen molar-refractivity contribution in [3.63, 3.8) is 0 Å². The minimum absolute atomic E-state index is 0.0675. The number of piperazine rings is 1. The van der Waals surface area contributed by atoms with Crippen LogP contribution in [0.1, 0.15) is 38.5 Å². The molecule has 50 heavy (non-hydrogen) atoms. The molecule has 1 aromatic rings. The first-order valence-corrected chi connectivity index (χ1v) is 17.7. The normalized spacial score (nSPS) is 23.9. The first-order valence-electron chi connectivity index (χ1n) is 17.7. The molecular formula is C32H54FN9O8. The Hall–Kier alpha value is -3.12. The Balaban J connectivity index is 0.00000181. The number of hydrogen-bond donors (Lipinski definition) is 2. The van der Waals surface area contributed by atoms with Gasteiger partial charge in [-0.05, 0) is 61.8 Å². The molecule has 0 unspecified atom stereocenters. The lowest BCUT2D eigenvalue weighted by molar-refractivity contribution is -0.122. The van der Waals surface area contributed by atoms with Crippen molar-refractivity contribution in [2.75, 3.05) is 129 Å². The Kier molecular flexibility index (Phi) is 18.0. The molecule has 4 bridgehead atoms. The lowest BCUT2D eigenvalue weighted by atomic mass is 9.53. The molecule has 1 aliphatic heterocycles. The fourth-order valence-corrected chi connectivity index (χ4v) is 7.72. The number of nitrogens with zero attached hydrogens (tertiary/aromatic N) is 8. The van der Waals surface area contributed by atoms with Crippen LogP contribution in [0.5, 0.6) is 6.01 Å². The predicted molar refractivity (Wildman–Crippen MR) is 181 cm³/mol. The van der Waals surface area contributed by atoms with E-state index in [0.29, 0.717) is 104 Å². The number of ether oxygens (including phenoxy) is 6. The third-order valence-corrected chi connectivity index (χ3v) is 9.42. The zero-order valence-corrected chi connectivity index (χ0v) is 29.0. The molecule has 18 heteroatoms. The average molecular weight is 712 g/mol. The summed E-state index contributed by atoms with van der Waals surface area (Å²) in [5.41, 5.74) is 8.26. The summed E-state index contributed by atoms with van der Waals surface area (Å²) in [6.45, 7) is 8.02. The maximum absolute atomic E-state index is 12.9. The zero-order valence-electron chi connectivity index (χ0n) is 29.0. The Morgan fingerprint density at radius 1 is 0.820 bits per heavy atom. The molecule has 1 aromatic heterocycles. The molecule has 2 heterocycles. The highest BCUT2D eigenvalue weighted by atomic mass is 19.1. The van der Waals surface area contributed by atoms with Gasteiger partial charge < -0.3 is 43.7 Å². The van der Waals surface area contributed by atoms with E-state index in [1.54, 1.807) is 0 Å². The van der Waals surface area contributed by atoms with Gasteiger partial charge in [0.15, 0.2) is 0 Å². The number of halogens is 1. The minimum atomic E-state index is -0.330. The summed E-state index contributed by atoms with van der Waals surface area (Å²) < 4.78 is 46.3. The average Bonchev–Trinajstić information content (AvgIpc) is 3.09. The third kappa shape index (κ3) is 13.9. The van der Waals surface area contributed by atoms with E-state index in [1.807, 2.05) is 0 Å². The van der Waals surface area contributed by atoms with Gasteiger partial charge in [0.2, 0.25) is 11.9 Å². The van der Waals surface area contributed by atoms with Gasteiger partial charge in [0, 0.05) is 49.7 Å². The molecule has 5 aliphatic rings. The fraction of sp³-hybridized carbons (Fsp3) is 0.875. The van der Waals surface area contributed by atoms with E-state index in [4.69, 9.17) is 53.8 Å². The maximum Gasteiger partial charge on any atom is 0.323 e. The van der Waals surface area contributed by atoms with Gasteiger partial charge in [-0.1, -0.05) is 5.11 Å². The van der Waals surface area contributed by atoms with Gasteiger partial charge in [-0.25, -0.2) is 4.39 Å². The van der Waals surface area contributed by atoms with Gasteiger partial charge in [-0.3, -0.25) is 9.69 Å². The van der Waals surface area contributed by atoms with E-state index >= 15 is 0 Å². The van der Waals surface area contributed by atoms with Gasteiger partial charge in [-0.15, -0.1) is 0 Å². The molecule has 5 fully saturated rings. The summed E-state index contributed by atoms with van der Waals surface area (Å²) in [4.78, 5) is 29.5. The summed E-state index contributed by atoms with van der Waals surface area (Å²) in [6, 6.07) is 0.298. The number of alkyl halides is 1. The van der Waals surface area contributed by atoms with Crippen molar-refractivity contribution in [3.05, 3.63) is 10.4 Å². The van der Waals surface area contributed by atoms with E-state index < -0.39 is 0 Å². The van der Waals surface area contributed by atoms with E-state index in [-0.39, 0.29) is 18.7 Å². The van der Waals surface area contributed by atoms with Crippen LogP contribution >= 0.6 is 0 Å². The van der Waals surface area contributed by atoms with Crippen LogP contribution in [-0.2, 0) is 28.5 Å². The van der Waals surface area contributed by atoms with E-state index in [9.17, 15) is 4.39 Å². The van der Waals surface area contributed by atoms with Crippen molar-refractivity contribution in [3.8, 4) is 6.01 Å². The van der Waals surface area contributed by atoms with Gasteiger partial charge in [0.1, 0.15) is 13.3 Å². The topological polar surface area (TPSA) is 199 Å². The third-order valence-electron chi connectivity index (χ3n) is 9.42. The molecule has 1 saturated heterocycles. The summed E-state index contributed by atoms with van der Waals surface area (Å²) in [5.74, 6) is 3.63. The van der Waals surface area contributed by atoms with Gasteiger partial charge >= 0.3 is 6.01 Å². The maximum atomic E-state index is 12.9. The summed E-state index contributed by atoms with van der Waals surface area (Å²) >= 11 is 0. The van der Waals surface area contributed by atoms with Crippen molar-refractivity contribution >= 4 is 18.4 Å². The number of anilines is 2. The molecule has 282 valence electrons. The van der Waals surface area contributed by atoms with Crippen molar-refractivity contribution in [2.45, 2.75) is 44.1 Å². The smallest absolute Gasteiger partial charge is 0.323 e. The second-order valence-electron chi connectivity index (χ2n) is 13.1. The molecule has 2 N–H and O–H groups in total. The van der Waals surface area contributed by atoms with Crippen LogP contribution in [0.4, 0.5) is 16.3 Å². The number of hydrogen-bond acceptors (Lipinski definition) is 14. The summed E-state index contributed by atoms with van der Waals surface area (Å²) in [5, 5.41) is 14.1. The van der Waals surface area contributed by atoms with E-state index in [2.05, 4.69) is 30.1 Å². The highest BCUT2D eigenvalue weighted by Gasteiger charge is 2.51. The van der Waals surface area contributed by atoms with Crippen LogP contribution in [0.3, 0.4) is 0 Å². The van der Waals surface area contributed by atoms with Crippen molar-refractivity contribution < 1.29 is 42.7 Å². The van der Waals surface area contributed by atoms with E-state index in [0.717, 1.165) is 43.9 Å². The van der Waals surface area contributed by atoms with Crippen LogP contribution in [0.25, 0.3) is 10.4 Å². The Morgan fingerprint density at radius 3 is 1.82 bits per heavy atom. The number of rotatable bonds is 24. The fourth-order valence-electron chi connectivity index (χ4n) is 7.72. The molecule has 0 amide bonds. The van der Waals surface area contributed by atoms with Crippen LogP contribution in [-0.4, -0.2) is 156 Å². The molecular weight excluding hydrogens is 657 g/mol. The Morgan fingerprint density at radius 2 is 1.32 bits per heavy atom. The van der Waals surface area contributed by atoms with Crippen LogP contribution in [0.15, 0.2) is 5.11 Å². The number of nitrogens with one attached hydrogen (secondary N) is 1. The van der Waals surface area contributed by atoms with Crippen LogP contribution < -0.4 is 15.0 Å². The quantitative estimate of drug-likeness (QED) is 0.0522. The standard InChI is InChI=1S/C31H52FN9O6.CH2O2/c32-1-3-40-4-6-41(7-5-40)29-35-28(38-31-22-25-19-26(23-31)21-27(20-25)24-31)36-30(37-29)47-18-17-46-16-15-45-14-13-44-12-11-43-10-9-42-8-2-34-39-33;2-1-3/h25-27H,1-24H2,(H,35,36,37,38);1H,(H,2,3). The molecule has 4 saturated carbocycles. The minimum Gasteiger partial charge on any atom is -0.483 e. The van der Waals surface area contributed by atoms with Gasteiger partial charge in [0.25, 0.3) is 6.47 Å². The van der Waals surface area contributed by atoms with Crippen molar-refractivity contribution in [1.29, 1.82) is 0 Å². The Bertz CT molecular complexity index is 1130. The lowest BCUT2D eigenvalue weighted by Gasteiger charge is -2.56. The van der Waals surface area contributed by atoms with Crippen molar-refractivity contribution in [1.82, 2.24) is 19.9 Å². The molecule has 0 radical (unpaired) electrons. The zero-order chi connectivity index (χ0) is 35.3. The lowest BCUT2D eigenvalue weighted by Crippen LogP contribution is -2.55. The SMILES string of the molecule is O=CO.[N-]=[N+]=NCCOCCOCCOCCOCCOCCOc1nc(NC23CC4CC(CC(C4)C2)C3)nc(N2CCN(CCF)CC2)n1. The monoisotopic (exact) mass is 711 g/mol. The first kappa shape index (κ1) is 39.7.